The molecule has 0 saturated carbocycles. The van der Waals surface area contributed by atoms with Crippen molar-refractivity contribution in [3.63, 3.8) is 0 Å². The van der Waals surface area contributed by atoms with Gasteiger partial charge in [-0.25, -0.2) is 0 Å². The first-order valence-electron chi connectivity index (χ1n) is 5.14. The molecule has 1 aliphatic heterocycles. The molecule has 0 saturated heterocycles. The number of hydrogen-bond donors (Lipinski definition) is 1. The summed E-state index contributed by atoms with van der Waals surface area (Å²) in [7, 11) is 1.81. The van der Waals surface area contributed by atoms with Crippen LogP contribution < -0.4 is 10.6 Å². The molecule has 1 aromatic rings. The van der Waals surface area contributed by atoms with Gasteiger partial charge in [0.05, 0.1) is 5.69 Å². The molecule has 0 spiro atoms. The predicted octanol–water partition coefficient (Wildman–Crippen LogP) is 1.67. The summed E-state index contributed by atoms with van der Waals surface area (Å²) in [4.78, 5) is 13.4. The molecule has 1 aliphatic rings. The van der Waals surface area contributed by atoms with Crippen molar-refractivity contribution in [1.82, 2.24) is 0 Å². The lowest BCUT2D eigenvalue weighted by Crippen LogP contribution is -2.36. The molecule has 80 valence electrons. The number of nitrogens with zero attached hydrogens (tertiary/aromatic N) is 1. The van der Waals surface area contributed by atoms with E-state index >= 15 is 0 Å². The molecule has 0 radical (unpaired) electrons. The molecule has 0 aliphatic carbocycles. The lowest BCUT2D eigenvalue weighted by atomic mass is 9.92. The minimum absolute atomic E-state index is 0.0990. The maximum absolute atomic E-state index is 11.7. The Morgan fingerprint density at radius 2 is 2.07 bits per heavy atom. The number of fused-ring (bicyclic) bond motifs is 1. The fourth-order valence-corrected chi connectivity index (χ4v) is 2.29. The first-order chi connectivity index (χ1) is 7.00. The van der Waals surface area contributed by atoms with Crippen molar-refractivity contribution < 1.29 is 4.79 Å². The van der Waals surface area contributed by atoms with Gasteiger partial charge in [0.25, 0.3) is 0 Å². The Hall–Kier alpha value is -1.35. The number of benzene rings is 1. The van der Waals surface area contributed by atoms with E-state index in [4.69, 9.17) is 5.73 Å². The summed E-state index contributed by atoms with van der Waals surface area (Å²) >= 11 is 0. The standard InChI is InChI=1S/C12H16N2O/c1-7-4-8(2)12-9(5-7)10(13)6-11(15)14(12)3/h4-5,10H,6,13H2,1-3H3. The van der Waals surface area contributed by atoms with Crippen LogP contribution in [-0.4, -0.2) is 13.0 Å². The summed E-state index contributed by atoms with van der Waals surface area (Å²) < 4.78 is 0. The summed E-state index contributed by atoms with van der Waals surface area (Å²) in [5, 5.41) is 0. The van der Waals surface area contributed by atoms with Crippen LogP contribution in [0.3, 0.4) is 0 Å². The molecule has 0 bridgehead atoms. The third kappa shape index (κ3) is 1.53. The quantitative estimate of drug-likeness (QED) is 0.698. The molecule has 15 heavy (non-hydrogen) atoms. The van der Waals surface area contributed by atoms with E-state index in [1.807, 2.05) is 14.0 Å². The molecule has 3 heteroatoms. The van der Waals surface area contributed by atoms with Crippen LogP contribution in [0.2, 0.25) is 0 Å². The third-order valence-corrected chi connectivity index (χ3v) is 2.98. The van der Waals surface area contributed by atoms with Gasteiger partial charge in [-0.15, -0.1) is 0 Å². The van der Waals surface area contributed by atoms with E-state index in [2.05, 4.69) is 19.1 Å². The van der Waals surface area contributed by atoms with Gasteiger partial charge in [-0.1, -0.05) is 17.7 Å². The molecule has 2 N–H and O–H groups in total. The van der Waals surface area contributed by atoms with Crippen LogP contribution in [0.1, 0.15) is 29.2 Å². The van der Waals surface area contributed by atoms with Crippen LogP contribution >= 0.6 is 0 Å². The highest BCUT2D eigenvalue weighted by Crippen LogP contribution is 2.35. The van der Waals surface area contributed by atoms with Crippen LogP contribution in [0, 0.1) is 13.8 Å². The maximum atomic E-state index is 11.7. The van der Waals surface area contributed by atoms with Crippen LogP contribution in [-0.2, 0) is 4.79 Å². The first-order valence-corrected chi connectivity index (χ1v) is 5.14. The second-order valence-corrected chi connectivity index (χ2v) is 4.28. The summed E-state index contributed by atoms with van der Waals surface area (Å²) in [6.07, 6.45) is 0.409. The number of carbonyl (C=O) groups excluding carboxylic acids is 1. The summed E-state index contributed by atoms with van der Waals surface area (Å²) in [6, 6.07) is 4.01. The lowest BCUT2D eigenvalue weighted by molar-refractivity contribution is -0.119. The van der Waals surface area contributed by atoms with Crippen molar-refractivity contribution in [2.24, 2.45) is 5.73 Å². The molecule has 0 fully saturated rings. The monoisotopic (exact) mass is 204 g/mol. The van der Waals surface area contributed by atoms with Gasteiger partial charge >= 0.3 is 0 Å². The molecule has 1 unspecified atom stereocenters. The van der Waals surface area contributed by atoms with Crippen molar-refractivity contribution in [2.75, 3.05) is 11.9 Å². The van der Waals surface area contributed by atoms with E-state index < -0.39 is 0 Å². The highest BCUT2D eigenvalue weighted by molar-refractivity contribution is 5.97. The molecule has 1 heterocycles. The van der Waals surface area contributed by atoms with E-state index in [0.717, 1.165) is 16.8 Å². The summed E-state index contributed by atoms with van der Waals surface area (Å²) in [5.74, 6) is 0.0990. The predicted molar refractivity (Wildman–Crippen MR) is 60.9 cm³/mol. The Balaban J connectivity index is 2.65. The fraction of sp³-hybridized carbons (Fsp3) is 0.417. The van der Waals surface area contributed by atoms with E-state index in [1.165, 1.54) is 5.56 Å². The van der Waals surface area contributed by atoms with Gasteiger partial charge in [-0.2, -0.15) is 0 Å². The Bertz CT molecular complexity index is 426. The number of rotatable bonds is 0. The normalized spacial score (nSPS) is 20.4. The average Bonchev–Trinajstić information content (AvgIpc) is 2.13. The van der Waals surface area contributed by atoms with Gasteiger partial charge in [-0.05, 0) is 25.0 Å². The van der Waals surface area contributed by atoms with Crippen molar-refractivity contribution in [3.8, 4) is 0 Å². The zero-order valence-corrected chi connectivity index (χ0v) is 9.37. The zero-order chi connectivity index (χ0) is 11.2. The van der Waals surface area contributed by atoms with Gasteiger partial charge in [-0.3, -0.25) is 4.79 Å². The number of aryl methyl sites for hydroxylation is 2. The van der Waals surface area contributed by atoms with Crippen LogP contribution in [0.25, 0.3) is 0 Å². The SMILES string of the molecule is Cc1cc(C)c2c(c1)C(N)CC(=O)N2C. The zero-order valence-electron chi connectivity index (χ0n) is 9.37. The number of amides is 1. The van der Waals surface area contributed by atoms with E-state index in [9.17, 15) is 4.79 Å². The topological polar surface area (TPSA) is 46.3 Å². The molecule has 2 rings (SSSR count). The molecule has 3 nitrogen and oxygen atoms in total. The highest BCUT2D eigenvalue weighted by Gasteiger charge is 2.28. The van der Waals surface area contributed by atoms with Crippen molar-refractivity contribution in [3.05, 3.63) is 28.8 Å². The average molecular weight is 204 g/mol. The number of anilines is 1. The van der Waals surface area contributed by atoms with Crippen molar-refractivity contribution in [2.45, 2.75) is 26.3 Å². The van der Waals surface area contributed by atoms with Crippen molar-refractivity contribution >= 4 is 11.6 Å². The summed E-state index contributed by atoms with van der Waals surface area (Å²) in [5.41, 5.74) is 10.4. The van der Waals surface area contributed by atoms with Crippen LogP contribution in [0.15, 0.2) is 12.1 Å². The third-order valence-electron chi connectivity index (χ3n) is 2.98. The fourth-order valence-electron chi connectivity index (χ4n) is 2.29. The number of carbonyl (C=O) groups is 1. The largest absolute Gasteiger partial charge is 0.323 e. The maximum Gasteiger partial charge on any atom is 0.228 e. The van der Waals surface area contributed by atoms with E-state index in [1.54, 1.807) is 4.90 Å². The number of nitrogens with two attached hydrogens (primary N) is 1. The molecule has 1 aromatic carbocycles. The minimum atomic E-state index is -0.151. The van der Waals surface area contributed by atoms with Gasteiger partial charge in [0, 0.05) is 19.5 Å². The van der Waals surface area contributed by atoms with E-state index in [0.29, 0.717) is 6.42 Å². The van der Waals surface area contributed by atoms with Crippen molar-refractivity contribution in [1.29, 1.82) is 0 Å². The lowest BCUT2D eigenvalue weighted by Gasteiger charge is -2.31. The van der Waals surface area contributed by atoms with Gasteiger partial charge in [0.2, 0.25) is 5.91 Å². The van der Waals surface area contributed by atoms with Gasteiger partial charge < -0.3 is 10.6 Å². The van der Waals surface area contributed by atoms with Gasteiger partial charge in [0.15, 0.2) is 0 Å². The second-order valence-electron chi connectivity index (χ2n) is 4.28. The first kappa shape index (κ1) is 10.2. The van der Waals surface area contributed by atoms with E-state index in [-0.39, 0.29) is 11.9 Å². The highest BCUT2D eigenvalue weighted by atomic mass is 16.2. The molecule has 1 amide bonds. The molecular formula is C12H16N2O. The minimum Gasteiger partial charge on any atom is -0.323 e. The second kappa shape index (κ2) is 3.35. The molecule has 0 aromatic heterocycles. The molecule has 1 atom stereocenters. The van der Waals surface area contributed by atoms with Gasteiger partial charge in [0.1, 0.15) is 0 Å². The summed E-state index contributed by atoms with van der Waals surface area (Å²) in [6.45, 7) is 4.07. The van der Waals surface area contributed by atoms with Crippen LogP contribution in [0.5, 0.6) is 0 Å². The Kier molecular flexibility index (Phi) is 2.27. The smallest absolute Gasteiger partial charge is 0.228 e. The van der Waals surface area contributed by atoms with Crippen LogP contribution in [0.4, 0.5) is 5.69 Å². The Labute approximate surface area is 89.9 Å². The molecular weight excluding hydrogens is 188 g/mol. The Morgan fingerprint density at radius 3 is 2.73 bits per heavy atom. The number of hydrogen-bond acceptors (Lipinski definition) is 2. The Morgan fingerprint density at radius 1 is 1.40 bits per heavy atom.